The second-order valence-electron chi connectivity index (χ2n) is 7.63. The van der Waals surface area contributed by atoms with E-state index in [-0.39, 0.29) is 6.04 Å². The van der Waals surface area contributed by atoms with E-state index in [0.717, 1.165) is 29.4 Å². The van der Waals surface area contributed by atoms with Crippen LogP contribution in [0.3, 0.4) is 0 Å². The zero-order chi connectivity index (χ0) is 22.3. The molecule has 1 saturated heterocycles. The van der Waals surface area contributed by atoms with Crippen molar-refractivity contribution >= 4 is 28.3 Å². The molecular weight excluding hydrogens is 406 g/mol. The van der Waals surface area contributed by atoms with E-state index in [1.54, 1.807) is 31.4 Å². The molecule has 3 aromatic carbocycles. The Hall–Kier alpha value is -3.42. The first-order valence-corrected chi connectivity index (χ1v) is 10.7. The molecule has 7 nitrogen and oxygen atoms in total. The number of morpholine rings is 1. The monoisotopic (exact) mass is 433 g/mol. The lowest BCUT2D eigenvalue weighted by atomic mass is 9.97. The third kappa shape index (κ3) is 5.07. The van der Waals surface area contributed by atoms with Gasteiger partial charge in [0.1, 0.15) is 5.75 Å². The molecule has 3 aromatic rings. The minimum absolute atomic E-state index is 0.0669. The molecule has 0 aliphatic carbocycles. The average molecular weight is 434 g/mol. The first-order valence-electron chi connectivity index (χ1n) is 10.7. The zero-order valence-corrected chi connectivity index (χ0v) is 18.0. The predicted molar refractivity (Wildman–Crippen MR) is 124 cm³/mol. The Morgan fingerprint density at radius 3 is 2.44 bits per heavy atom. The minimum atomic E-state index is -0.700. The number of carbonyl (C=O) groups is 2. The molecule has 2 amide bonds. The number of hydrogen-bond donors (Lipinski definition) is 2. The van der Waals surface area contributed by atoms with E-state index in [0.29, 0.717) is 31.2 Å². The summed E-state index contributed by atoms with van der Waals surface area (Å²) in [5.41, 5.74) is 1.66. The Balaban J connectivity index is 1.48. The van der Waals surface area contributed by atoms with Crippen molar-refractivity contribution in [1.29, 1.82) is 0 Å². The van der Waals surface area contributed by atoms with Crippen LogP contribution >= 0.6 is 0 Å². The smallest absolute Gasteiger partial charge is 0.313 e. The van der Waals surface area contributed by atoms with Gasteiger partial charge in [-0.15, -0.1) is 0 Å². The molecule has 1 aliphatic rings. The average Bonchev–Trinajstić information content (AvgIpc) is 2.85. The topological polar surface area (TPSA) is 79.9 Å². The fraction of sp³-hybridized carbons (Fsp3) is 0.280. The molecular formula is C25H27N3O4. The van der Waals surface area contributed by atoms with E-state index in [4.69, 9.17) is 9.47 Å². The van der Waals surface area contributed by atoms with Gasteiger partial charge >= 0.3 is 11.8 Å². The highest BCUT2D eigenvalue weighted by molar-refractivity contribution is 6.39. The van der Waals surface area contributed by atoms with Gasteiger partial charge < -0.3 is 20.1 Å². The van der Waals surface area contributed by atoms with Crippen LogP contribution in [0.1, 0.15) is 11.6 Å². The number of carbonyl (C=O) groups excluding carboxylic acids is 2. The first-order chi connectivity index (χ1) is 15.7. The normalized spacial score (nSPS) is 15.2. The van der Waals surface area contributed by atoms with Gasteiger partial charge in [-0.3, -0.25) is 14.5 Å². The number of nitrogens with one attached hydrogen (secondary N) is 2. The Morgan fingerprint density at radius 2 is 1.69 bits per heavy atom. The van der Waals surface area contributed by atoms with Crippen molar-refractivity contribution in [3.05, 3.63) is 72.3 Å². The van der Waals surface area contributed by atoms with Crippen LogP contribution in [0.5, 0.6) is 5.75 Å². The molecule has 1 atom stereocenters. The lowest BCUT2D eigenvalue weighted by molar-refractivity contribution is -0.136. The van der Waals surface area contributed by atoms with Gasteiger partial charge in [0, 0.05) is 25.3 Å². The van der Waals surface area contributed by atoms with Crippen molar-refractivity contribution < 1.29 is 19.1 Å². The standard InChI is InChI=1S/C25H27N3O4/c1-31-20-11-9-19(10-12-20)27-25(30)24(29)26-17-23(28-13-15-32-16-14-28)22-8-4-6-18-5-2-3-7-21(18)22/h2-12,23H,13-17H2,1H3,(H,26,29)(H,27,30). The molecule has 0 spiro atoms. The summed E-state index contributed by atoms with van der Waals surface area (Å²) >= 11 is 0. The molecule has 0 saturated carbocycles. The van der Waals surface area contributed by atoms with Gasteiger partial charge in [-0.1, -0.05) is 42.5 Å². The van der Waals surface area contributed by atoms with Gasteiger partial charge in [-0.25, -0.2) is 0 Å². The second kappa shape index (κ2) is 10.3. The molecule has 166 valence electrons. The van der Waals surface area contributed by atoms with Crippen molar-refractivity contribution in [2.75, 3.05) is 45.3 Å². The summed E-state index contributed by atoms with van der Waals surface area (Å²) in [6.07, 6.45) is 0. The highest BCUT2D eigenvalue weighted by Crippen LogP contribution is 2.28. The van der Waals surface area contributed by atoms with Gasteiger partial charge in [0.05, 0.1) is 26.4 Å². The summed E-state index contributed by atoms with van der Waals surface area (Å²) in [5.74, 6) is -0.691. The lowest BCUT2D eigenvalue weighted by Gasteiger charge is -2.35. The third-order valence-corrected chi connectivity index (χ3v) is 5.68. The SMILES string of the molecule is COc1ccc(NC(=O)C(=O)NCC(c2cccc3ccccc23)N2CCOCC2)cc1. The summed E-state index contributed by atoms with van der Waals surface area (Å²) in [6.45, 7) is 3.15. The second-order valence-corrected chi connectivity index (χ2v) is 7.63. The summed E-state index contributed by atoms with van der Waals surface area (Å²) in [6, 6.07) is 21.2. The molecule has 1 aliphatic heterocycles. The number of benzene rings is 3. The largest absolute Gasteiger partial charge is 0.497 e. The molecule has 32 heavy (non-hydrogen) atoms. The molecule has 0 radical (unpaired) electrons. The number of rotatable bonds is 6. The predicted octanol–water partition coefficient (Wildman–Crippen LogP) is 2.98. The van der Waals surface area contributed by atoms with E-state index in [2.05, 4.69) is 39.8 Å². The maximum absolute atomic E-state index is 12.6. The zero-order valence-electron chi connectivity index (χ0n) is 18.0. The third-order valence-electron chi connectivity index (χ3n) is 5.68. The quantitative estimate of drug-likeness (QED) is 0.585. The molecule has 0 bridgehead atoms. The maximum Gasteiger partial charge on any atom is 0.313 e. The number of hydrogen-bond acceptors (Lipinski definition) is 5. The van der Waals surface area contributed by atoms with Gasteiger partial charge in [0.15, 0.2) is 0 Å². The number of methoxy groups -OCH3 is 1. The van der Waals surface area contributed by atoms with Crippen molar-refractivity contribution in [1.82, 2.24) is 10.2 Å². The molecule has 1 fully saturated rings. The van der Waals surface area contributed by atoms with E-state index in [1.165, 1.54) is 0 Å². The van der Waals surface area contributed by atoms with Crippen molar-refractivity contribution in [2.24, 2.45) is 0 Å². The molecule has 2 N–H and O–H groups in total. The van der Waals surface area contributed by atoms with Crippen LogP contribution in [0.2, 0.25) is 0 Å². The van der Waals surface area contributed by atoms with Crippen LogP contribution in [-0.2, 0) is 14.3 Å². The highest BCUT2D eigenvalue weighted by atomic mass is 16.5. The highest BCUT2D eigenvalue weighted by Gasteiger charge is 2.25. The summed E-state index contributed by atoms with van der Waals surface area (Å²) < 4.78 is 10.6. The number of amides is 2. The van der Waals surface area contributed by atoms with Crippen LogP contribution in [0.25, 0.3) is 10.8 Å². The molecule has 1 unspecified atom stereocenters. The minimum Gasteiger partial charge on any atom is -0.497 e. The number of anilines is 1. The van der Waals surface area contributed by atoms with Gasteiger partial charge in [-0.2, -0.15) is 0 Å². The Labute approximate surface area is 187 Å². The van der Waals surface area contributed by atoms with E-state index in [1.807, 2.05) is 18.2 Å². The lowest BCUT2D eigenvalue weighted by Crippen LogP contribution is -2.45. The van der Waals surface area contributed by atoms with Crippen LogP contribution in [-0.4, -0.2) is 56.7 Å². The van der Waals surface area contributed by atoms with Gasteiger partial charge in [0.25, 0.3) is 0 Å². The summed E-state index contributed by atoms with van der Waals surface area (Å²) in [7, 11) is 1.57. The van der Waals surface area contributed by atoms with Crippen LogP contribution in [0, 0.1) is 0 Å². The van der Waals surface area contributed by atoms with Gasteiger partial charge in [0.2, 0.25) is 0 Å². The van der Waals surface area contributed by atoms with E-state index < -0.39 is 11.8 Å². The molecule has 7 heteroatoms. The number of ether oxygens (including phenoxy) is 2. The Kier molecular flexibility index (Phi) is 6.99. The fourth-order valence-corrected chi connectivity index (χ4v) is 4.00. The number of nitrogens with zero attached hydrogens (tertiary/aromatic N) is 1. The Morgan fingerprint density at radius 1 is 0.969 bits per heavy atom. The van der Waals surface area contributed by atoms with Gasteiger partial charge in [-0.05, 0) is 40.6 Å². The van der Waals surface area contributed by atoms with Crippen LogP contribution in [0.4, 0.5) is 5.69 Å². The fourth-order valence-electron chi connectivity index (χ4n) is 4.00. The summed E-state index contributed by atoms with van der Waals surface area (Å²) in [5, 5.41) is 7.74. The summed E-state index contributed by atoms with van der Waals surface area (Å²) in [4.78, 5) is 27.3. The molecule has 0 aromatic heterocycles. The maximum atomic E-state index is 12.6. The Bertz CT molecular complexity index is 1070. The number of fused-ring (bicyclic) bond motifs is 1. The molecule has 4 rings (SSSR count). The first kappa shape index (κ1) is 21.8. The van der Waals surface area contributed by atoms with E-state index in [9.17, 15) is 9.59 Å². The van der Waals surface area contributed by atoms with Crippen molar-refractivity contribution in [3.63, 3.8) is 0 Å². The van der Waals surface area contributed by atoms with Crippen molar-refractivity contribution in [2.45, 2.75) is 6.04 Å². The van der Waals surface area contributed by atoms with Crippen LogP contribution in [0.15, 0.2) is 66.7 Å². The van der Waals surface area contributed by atoms with Crippen molar-refractivity contribution in [3.8, 4) is 5.75 Å². The van der Waals surface area contributed by atoms with Crippen LogP contribution < -0.4 is 15.4 Å². The van der Waals surface area contributed by atoms with E-state index >= 15 is 0 Å². The molecule has 1 heterocycles.